The fourth-order valence-corrected chi connectivity index (χ4v) is 2.37. The Morgan fingerprint density at radius 1 is 1.38 bits per heavy atom. The number of nitrogen functional groups attached to an aromatic ring is 1. The first-order chi connectivity index (χ1) is 9.95. The molecule has 5 nitrogen and oxygen atoms in total. The third kappa shape index (κ3) is 4.23. The topological polar surface area (TPSA) is 72.9 Å². The molecule has 0 atom stereocenters. The molecular weight excluding hydrogens is 288 g/mol. The van der Waals surface area contributed by atoms with Gasteiger partial charge >= 0.3 is 0 Å². The summed E-state index contributed by atoms with van der Waals surface area (Å²) in [6, 6.07) is 7.05. The molecule has 0 aliphatic rings. The second kappa shape index (κ2) is 6.63. The molecule has 0 fully saturated rings. The number of nitrogens with two attached hydrogens (primary N) is 1. The Morgan fingerprint density at radius 2 is 2.14 bits per heavy atom. The average molecular weight is 307 g/mol. The van der Waals surface area contributed by atoms with Crippen LogP contribution in [0.15, 0.2) is 24.3 Å². The molecule has 0 saturated carbocycles. The van der Waals surface area contributed by atoms with Crippen LogP contribution in [0.25, 0.3) is 0 Å². The highest BCUT2D eigenvalue weighted by molar-refractivity contribution is 6.34. The summed E-state index contributed by atoms with van der Waals surface area (Å²) in [7, 11) is 0. The molecule has 0 aliphatic carbocycles. The van der Waals surface area contributed by atoms with Crippen LogP contribution < -0.4 is 11.1 Å². The van der Waals surface area contributed by atoms with Crippen LogP contribution in [0.1, 0.15) is 24.2 Å². The first kappa shape index (κ1) is 15.4. The lowest BCUT2D eigenvalue weighted by Crippen LogP contribution is -2.13. The lowest BCUT2D eigenvalue weighted by molar-refractivity contribution is -0.116. The van der Waals surface area contributed by atoms with Gasteiger partial charge in [-0.2, -0.15) is 5.10 Å². The van der Waals surface area contributed by atoms with E-state index in [2.05, 4.69) is 10.4 Å². The quantitative estimate of drug-likeness (QED) is 0.833. The molecule has 1 aromatic heterocycles. The van der Waals surface area contributed by atoms with Crippen LogP contribution in [-0.2, 0) is 11.3 Å². The van der Waals surface area contributed by atoms with Gasteiger partial charge in [0.25, 0.3) is 0 Å². The van der Waals surface area contributed by atoms with Crippen LogP contribution >= 0.6 is 11.6 Å². The number of aromatic nitrogens is 2. The Kier molecular flexibility index (Phi) is 4.85. The fraction of sp³-hybridized carbons (Fsp3) is 0.333. The first-order valence-electron chi connectivity index (χ1n) is 6.81. The number of anilines is 2. The lowest BCUT2D eigenvalue weighted by atomic mass is 10.2. The molecule has 0 unspecified atom stereocenters. The lowest BCUT2D eigenvalue weighted by Gasteiger charge is -2.08. The zero-order chi connectivity index (χ0) is 15.4. The zero-order valence-electron chi connectivity index (χ0n) is 12.2. The third-order valence-electron chi connectivity index (χ3n) is 3.14. The average Bonchev–Trinajstić information content (AvgIpc) is 2.71. The van der Waals surface area contributed by atoms with Gasteiger partial charge in [0.2, 0.25) is 5.91 Å². The summed E-state index contributed by atoms with van der Waals surface area (Å²) in [4.78, 5) is 11.9. The summed E-state index contributed by atoms with van der Waals surface area (Å²) in [5.74, 6) is -0.0665. The second-order valence-electron chi connectivity index (χ2n) is 5.04. The van der Waals surface area contributed by atoms with Crippen molar-refractivity contribution in [2.45, 2.75) is 33.2 Å². The van der Waals surface area contributed by atoms with Crippen molar-refractivity contribution in [3.8, 4) is 0 Å². The monoisotopic (exact) mass is 306 g/mol. The van der Waals surface area contributed by atoms with Gasteiger partial charge in [0.1, 0.15) is 0 Å². The molecule has 0 bridgehead atoms. The number of halogens is 1. The van der Waals surface area contributed by atoms with Crippen molar-refractivity contribution in [3.05, 3.63) is 40.7 Å². The molecule has 2 aromatic rings. The fourth-order valence-electron chi connectivity index (χ4n) is 2.14. The van der Waals surface area contributed by atoms with E-state index in [0.717, 1.165) is 24.4 Å². The summed E-state index contributed by atoms with van der Waals surface area (Å²) in [6.07, 6.45) is 1.14. The minimum Gasteiger partial charge on any atom is -0.399 e. The molecule has 0 aliphatic heterocycles. The standard InChI is InChI=1S/C15H19ClN4O/c1-10-8-11(2)20(19-10)7-3-4-15(21)18-14-6-5-12(17)9-13(14)16/h5-6,8-9H,3-4,7,17H2,1-2H3,(H,18,21). The molecule has 1 aromatic carbocycles. The van der Waals surface area contributed by atoms with Crippen LogP contribution in [0, 0.1) is 13.8 Å². The summed E-state index contributed by atoms with van der Waals surface area (Å²) in [5, 5.41) is 7.60. The largest absolute Gasteiger partial charge is 0.399 e. The van der Waals surface area contributed by atoms with E-state index < -0.39 is 0 Å². The number of hydrogen-bond donors (Lipinski definition) is 2. The highest BCUT2D eigenvalue weighted by atomic mass is 35.5. The number of benzene rings is 1. The maximum atomic E-state index is 11.9. The van der Waals surface area contributed by atoms with E-state index in [-0.39, 0.29) is 5.91 Å². The van der Waals surface area contributed by atoms with Gasteiger partial charge in [0.15, 0.2) is 0 Å². The normalized spacial score (nSPS) is 10.6. The Labute approximate surface area is 129 Å². The van der Waals surface area contributed by atoms with Gasteiger partial charge in [0.05, 0.1) is 16.4 Å². The number of amides is 1. The van der Waals surface area contributed by atoms with Gasteiger partial charge in [-0.25, -0.2) is 0 Å². The molecule has 0 saturated heterocycles. The number of carbonyl (C=O) groups is 1. The highest BCUT2D eigenvalue weighted by Crippen LogP contribution is 2.24. The molecule has 2 rings (SSSR count). The molecule has 0 spiro atoms. The van der Waals surface area contributed by atoms with Gasteiger partial charge < -0.3 is 11.1 Å². The smallest absolute Gasteiger partial charge is 0.224 e. The minimum absolute atomic E-state index is 0.0665. The number of carbonyl (C=O) groups excluding carboxylic acids is 1. The Balaban J connectivity index is 1.83. The van der Waals surface area contributed by atoms with Gasteiger partial charge in [0, 0.05) is 24.3 Å². The van der Waals surface area contributed by atoms with E-state index in [0.29, 0.717) is 22.8 Å². The van der Waals surface area contributed by atoms with Crippen molar-refractivity contribution < 1.29 is 4.79 Å². The summed E-state index contributed by atoms with van der Waals surface area (Å²) in [5.41, 5.74) is 8.87. The number of rotatable bonds is 5. The van der Waals surface area contributed by atoms with E-state index >= 15 is 0 Å². The third-order valence-corrected chi connectivity index (χ3v) is 3.46. The van der Waals surface area contributed by atoms with Crippen molar-refractivity contribution in [3.63, 3.8) is 0 Å². The highest BCUT2D eigenvalue weighted by Gasteiger charge is 2.07. The zero-order valence-corrected chi connectivity index (χ0v) is 12.9. The molecule has 1 heterocycles. The Hall–Kier alpha value is -2.01. The number of nitrogens with zero attached hydrogens (tertiary/aromatic N) is 2. The van der Waals surface area contributed by atoms with Gasteiger partial charge in [-0.1, -0.05) is 11.6 Å². The van der Waals surface area contributed by atoms with E-state index in [1.807, 2.05) is 24.6 Å². The van der Waals surface area contributed by atoms with Crippen LogP contribution in [0.2, 0.25) is 5.02 Å². The molecule has 21 heavy (non-hydrogen) atoms. The molecular formula is C15H19ClN4O. The van der Waals surface area contributed by atoms with Crippen LogP contribution in [0.3, 0.4) is 0 Å². The molecule has 1 amide bonds. The van der Waals surface area contributed by atoms with E-state index in [4.69, 9.17) is 17.3 Å². The van der Waals surface area contributed by atoms with E-state index in [1.54, 1.807) is 18.2 Å². The molecule has 3 N–H and O–H groups in total. The van der Waals surface area contributed by atoms with Crippen molar-refractivity contribution in [1.82, 2.24) is 9.78 Å². The predicted octanol–water partition coefficient (Wildman–Crippen LogP) is 3.15. The van der Waals surface area contributed by atoms with Crippen LogP contribution in [0.4, 0.5) is 11.4 Å². The summed E-state index contributed by atoms with van der Waals surface area (Å²) < 4.78 is 1.92. The first-order valence-corrected chi connectivity index (χ1v) is 7.19. The minimum atomic E-state index is -0.0665. The maximum Gasteiger partial charge on any atom is 0.224 e. The van der Waals surface area contributed by atoms with Gasteiger partial charge in [-0.05, 0) is 44.5 Å². The Morgan fingerprint density at radius 3 is 2.76 bits per heavy atom. The summed E-state index contributed by atoms with van der Waals surface area (Å²) >= 11 is 6.02. The van der Waals surface area contributed by atoms with Crippen LogP contribution in [-0.4, -0.2) is 15.7 Å². The molecule has 112 valence electrons. The number of nitrogens with one attached hydrogen (secondary N) is 1. The second-order valence-corrected chi connectivity index (χ2v) is 5.45. The van der Waals surface area contributed by atoms with Crippen molar-refractivity contribution in [1.29, 1.82) is 0 Å². The number of hydrogen-bond acceptors (Lipinski definition) is 3. The molecule has 0 radical (unpaired) electrons. The molecule has 6 heteroatoms. The van der Waals surface area contributed by atoms with Crippen molar-refractivity contribution in [2.75, 3.05) is 11.1 Å². The van der Waals surface area contributed by atoms with E-state index in [9.17, 15) is 4.79 Å². The van der Waals surface area contributed by atoms with Crippen molar-refractivity contribution >= 4 is 28.9 Å². The van der Waals surface area contributed by atoms with E-state index in [1.165, 1.54) is 0 Å². The predicted molar refractivity (Wildman–Crippen MR) is 85.4 cm³/mol. The number of aryl methyl sites for hydroxylation is 3. The van der Waals surface area contributed by atoms with Crippen LogP contribution in [0.5, 0.6) is 0 Å². The SMILES string of the molecule is Cc1cc(C)n(CCCC(=O)Nc2ccc(N)cc2Cl)n1. The maximum absolute atomic E-state index is 11.9. The summed E-state index contributed by atoms with van der Waals surface area (Å²) in [6.45, 7) is 4.69. The Bertz CT molecular complexity index is 651. The van der Waals surface area contributed by atoms with Crippen molar-refractivity contribution in [2.24, 2.45) is 0 Å². The van der Waals surface area contributed by atoms with Gasteiger partial charge in [-0.3, -0.25) is 9.48 Å². The van der Waals surface area contributed by atoms with Gasteiger partial charge in [-0.15, -0.1) is 0 Å².